The average molecular weight is 326 g/mol. The maximum Gasteiger partial charge on any atom is 0.308 e. The molecule has 19 heavy (non-hydrogen) atoms. The van der Waals surface area contributed by atoms with Gasteiger partial charge in [0.05, 0.1) is 12.0 Å². The Kier molecular flexibility index (Phi) is 4.24. The summed E-state index contributed by atoms with van der Waals surface area (Å²) in [7, 11) is 1.69. The second kappa shape index (κ2) is 5.74. The van der Waals surface area contributed by atoms with E-state index in [1.165, 1.54) is 0 Å². The quantitative estimate of drug-likeness (QED) is 0.909. The molecule has 1 fully saturated rings. The van der Waals surface area contributed by atoms with Crippen LogP contribution in [0.15, 0.2) is 28.7 Å². The normalized spacial score (nSPS) is 24.1. The summed E-state index contributed by atoms with van der Waals surface area (Å²) in [5, 5.41) is 9.41. The predicted molar refractivity (Wildman–Crippen MR) is 74.6 cm³/mol. The Bertz CT molecular complexity index is 486. The number of halogens is 1. The van der Waals surface area contributed by atoms with Crippen molar-refractivity contribution in [2.45, 2.75) is 25.3 Å². The van der Waals surface area contributed by atoms with E-state index in [0.717, 1.165) is 10.0 Å². The third kappa shape index (κ3) is 2.97. The molecule has 1 saturated heterocycles. The van der Waals surface area contributed by atoms with E-state index in [4.69, 9.17) is 0 Å². The fraction of sp³-hybridized carbons (Fsp3) is 0.429. The molecule has 0 bridgehead atoms. The Balaban J connectivity index is 2.41. The van der Waals surface area contributed by atoms with Gasteiger partial charge in [0.2, 0.25) is 5.91 Å². The molecule has 0 aromatic heterocycles. The molecular weight excluding hydrogens is 310 g/mol. The van der Waals surface area contributed by atoms with Crippen molar-refractivity contribution in [3.8, 4) is 0 Å². The summed E-state index contributed by atoms with van der Waals surface area (Å²) in [6.07, 6.45) is 1.59. The second-order valence-electron chi connectivity index (χ2n) is 4.84. The number of benzene rings is 1. The number of aliphatic carboxylic acids is 1. The number of carbonyl (C=O) groups is 2. The highest BCUT2D eigenvalue weighted by Gasteiger charge is 2.36. The number of nitrogens with zero attached hydrogens (tertiary/aromatic N) is 1. The van der Waals surface area contributed by atoms with Crippen LogP contribution in [-0.4, -0.2) is 28.9 Å². The predicted octanol–water partition coefficient (Wildman–Crippen LogP) is 2.83. The summed E-state index contributed by atoms with van der Waals surface area (Å²) < 4.78 is 0.936. The van der Waals surface area contributed by atoms with Crippen LogP contribution < -0.4 is 0 Å². The summed E-state index contributed by atoms with van der Waals surface area (Å²) in [6, 6.07) is 7.11. The van der Waals surface area contributed by atoms with Crippen molar-refractivity contribution in [1.29, 1.82) is 0 Å². The first-order valence-electron chi connectivity index (χ1n) is 6.24. The molecule has 4 nitrogen and oxygen atoms in total. The van der Waals surface area contributed by atoms with Crippen LogP contribution in [0.5, 0.6) is 0 Å². The molecule has 0 radical (unpaired) electrons. The van der Waals surface area contributed by atoms with Gasteiger partial charge in [0.1, 0.15) is 0 Å². The van der Waals surface area contributed by atoms with Gasteiger partial charge in [0, 0.05) is 17.9 Å². The van der Waals surface area contributed by atoms with E-state index in [-0.39, 0.29) is 11.9 Å². The van der Waals surface area contributed by atoms with Gasteiger partial charge in [-0.2, -0.15) is 0 Å². The summed E-state index contributed by atoms with van der Waals surface area (Å²) >= 11 is 3.36. The molecule has 0 saturated carbocycles. The van der Waals surface area contributed by atoms with Gasteiger partial charge in [-0.1, -0.05) is 28.1 Å². The summed E-state index contributed by atoms with van der Waals surface area (Å²) in [4.78, 5) is 25.0. The first-order chi connectivity index (χ1) is 9.00. The van der Waals surface area contributed by atoms with Crippen LogP contribution in [0.1, 0.15) is 30.9 Å². The molecule has 0 aliphatic carbocycles. The molecule has 1 aliphatic heterocycles. The molecule has 1 aromatic rings. The maximum absolute atomic E-state index is 12.0. The monoisotopic (exact) mass is 325 g/mol. The molecule has 2 rings (SSSR count). The van der Waals surface area contributed by atoms with E-state index in [0.29, 0.717) is 19.3 Å². The molecule has 1 heterocycles. The highest BCUT2D eigenvalue weighted by atomic mass is 79.9. The zero-order valence-corrected chi connectivity index (χ0v) is 12.3. The number of hydrogen-bond donors (Lipinski definition) is 1. The van der Waals surface area contributed by atoms with E-state index >= 15 is 0 Å². The lowest BCUT2D eigenvalue weighted by atomic mass is 9.89. The van der Waals surface area contributed by atoms with Gasteiger partial charge in [-0.25, -0.2) is 0 Å². The van der Waals surface area contributed by atoms with E-state index in [9.17, 15) is 14.7 Å². The van der Waals surface area contributed by atoms with Crippen LogP contribution in [0.2, 0.25) is 0 Å². The lowest BCUT2D eigenvalue weighted by Gasteiger charge is -2.30. The number of rotatable bonds is 2. The highest BCUT2D eigenvalue weighted by Crippen LogP contribution is 2.35. The Morgan fingerprint density at radius 1 is 1.37 bits per heavy atom. The minimum absolute atomic E-state index is 0.0108. The van der Waals surface area contributed by atoms with Gasteiger partial charge < -0.3 is 10.0 Å². The molecule has 102 valence electrons. The second-order valence-corrected chi connectivity index (χ2v) is 5.75. The van der Waals surface area contributed by atoms with Crippen LogP contribution in [-0.2, 0) is 9.59 Å². The standard InChI is InChI=1S/C14H16BrNO3/c1-16-12(17)4-2-3-11(14(18)19)13(16)9-5-7-10(15)8-6-9/h5-8,11,13H,2-4H2,1H3,(H,18,19). The van der Waals surface area contributed by atoms with E-state index in [1.807, 2.05) is 24.3 Å². The summed E-state index contributed by atoms with van der Waals surface area (Å²) in [5.74, 6) is -1.37. The summed E-state index contributed by atoms with van der Waals surface area (Å²) in [6.45, 7) is 0. The van der Waals surface area contributed by atoms with E-state index in [2.05, 4.69) is 15.9 Å². The third-order valence-electron chi connectivity index (χ3n) is 3.63. The molecule has 5 heteroatoms. The van der Waals surface area contributed by atoms with Crippen LogP contribution in [0.3, 0.4) is 0 Å². The number of carboxylic acid groups (broad SMARTS) is 1. The Morgan fingerprint density at radius 2 is 2.00 bits per heavy atom. The topological polar surface area (TPSA) is 57.6 Å². The molecule has 1 aliphatic rings. The Hall–Kier alpha value is -1.36. The first kappa shape index (κ1) is 14.1. The minimum Gasteiger partial charge on any atom is -0.481 e. The van der Waals surface area contributed by atoms with Crippen molar-refractivity contribution in [1.82, 2.24) is 4.90 Å². The third-order valence-corrected chi connectivity index (χ3v) is 4.15. The molecule has 1 aromatic carbocycles. The number of carboxylic acids is 1. The molecule has 1 N–H and O–H groups in total. The van der Waals surface area contributed by atoms with Gasteiger partial charge in [-0.15, -0.1) is 0 Å². The minimum atomic E-state index is -0.838. The van der Waals surface area contributed by atoms with Crippen molar-refractivity contribution in [3.05, 3.63) is 34.3 Å². The first-order valence-corrected chi connectivity index (χ1v) is 7.04. The van der Waals surface area contributed by atoms with Gasteiger partial charge in [-0.3, -0.25) is 9.59 Å². The van der Waals surface area contributed by atoms with Crippen LogP contribution in [0, 0.1) is 5.92 Å². The van der Waals surface area contributed by atoms with E-state index < -0.39 is 11.9 Å². The molecule has 1 amide bonds. The van der Waals surface area contributed by atoms with Crippen molar-refractivity contribution >= 4 is 27.8 Å². The van der Waals surface area contributed by atoms with Crippen molar-refractivity contribution in [2.24, 2.45) is 5.92 Å². The van der Waals surface area contributed by atoms with Gasteiger partial charge in [0.25, 0.3) is 0 Å². The number of carbonyl (C=O) groups excluding carboxylic acids is 1. The summed E-state index contributed by atoms with van der Waals surface area (Å²) in [5.41, 5.74) is 0.869. The zero-order valence-electron chi connectivity index (χ0n) is 10.7. The number of hydrogen-bond acceptors (Lipinski definition) is 2. The van der Waals surface area contributed by atoms with Crippen LogP contribution >= 0.6 is 15.9 Å². The van der Waals surface area contributed by atoms with Gasteiger partial charge >= 0.3 is 5.97 Å². The SMILES string of the molecule is CN1C(=O)CCCC(C(=O)O)C1c1ccc(Br)cc1. The average Bonchev–Trinajstić information content (AvgIpc) is 2.51. The van der Waals surface area contributed by atoms with Gasteiger partial charge in [0.15, 0.2) is 0 Å². The smallest absolute Gasteiger partial charge is 0.308 e. The number of amides is 1. The fourth-order valence-electron chi connectivity index (χ4n) is 2.61. The van der Waals surface area contributed by atoms with Crippen molar-refractivity contribution in [3.63, 3.8) is 0 Å². The molecule has 0 spiro atoms. The van der Waals surface area contributed by atoms with Crippen LogP contribution in [0.4, 0.5) is 0 Å². The van der Waals surface area contributed by atoms with Crippen molar-refractivity contribution in [2.75, 3.05) is 7.05 Å². The molecular formula is C14H16BrNO3. The largest absolute Gasteiger partial charge is 0.481 e. The van der Waals surface area contributed by atoms with Crippen LogP contribution in [0.25, 0.3) is 0 Å². The maximum atomic E-state index is 12.0. The Morgan fingerprint density at radius 3 is 2.58 bits per heavy atom. The molecule has 2 unspecified atom stereocenters. The number of likely N-dealkylation sites (tertiary alicyclic amines) is 1. The lowest BCUT2D eigenvalue weighted by Crippen LogP contribution is -2.36. The zero-order chi connectivity index (χ0) is 14.0. The molecule has 2 atom stereocenters. The highest BCUT2D eigenvalue weighted by molar-refractivity contribution is 9.10. The van der Waals surface area contributed by atoms with Crippen molar-refractivity contribution < 1.29 is 14.7 Å². The van der Waals surface area contributed by atoms with E-state index in [1.54, 1.807) is 11.9 Å². The fourth-order valence-corrected chi connectivity index (χ4v) is 2.87. The lowest BCUT2D eigenvalue weighted by molar-refractivity contribution is -0.145. The Labute approximate surface area is 120 Å². The van der Waals surface area contributed by atoms with Gasteiger partial charge in [-0.05, 0) is 30.5 Å².